The highest BCUT2D eigenvalue weighted by Crippen LogP contribution is 2.60. The predicted molar refractivity (Wildman–Crippen MR) is 120 cm³/mol. The number of carbonyl (C=O) groups excluding carboxylic acids is 2. The minimum absolute atomic E-state index is 0.0736. The summed E-state index contributed by atoms with van der Waals surface area (Å²) < 4.78 is 0. The zero-order valence-electron chi connectivity index (χ0n) is 16.7. The van der Waals surface area contributed by atoms with Gasteiger partial charge in [0.25, 0.3) is 0 Å². The second kappa shape index (κ2) is 5.92. The second-order valence-corrected chi connectivity index (χ2v) is 8.78. The van der Waals surface area contributed by atoms with Crippen LogP contribution in [0.3, 0.4) is 0 Å². The van der Waals surface area contributed by atoms with Gasteiger partial charge in [0.1, 0.15) is 0 Å². The lowest BCUT2D eigenvalue weighted by Gasteiger charge is -2.36. The Morgan fingerprint density at radius 2 is 1.00 bits per heavy atom. The van der Waals surface area contributed by atoms with Gasteiger partial charge >= 0.3 is 0 Å². The van der Waals surface area contributed by atoms with Gasteiger partial charge in [-0.25, -0.2) is 4.90 Å². The van der Waals surface area contributed by atoms with Gasteiger partial charge in [0.2, 0.25) is 11.8 Å². The van der Waals surface area contributed by atoms with Crippen LogP contribution in [0.2, 0.25) is 0 Å². The van der Waals surface area contributed by atoms with Crippen molar-refractivity contribution in [2.45, 2.75) is 11.8 Å². The van der Waals surface area contributed by atoms with Gasteiger partial charge in [-0.05, 0) is 45.2 Å². The lowest BCUT2D eigenvalue weighted by atomic mass is 9.64. The van der Waals surface area contributed by atoms with Crippen molar-refractivity contribution in [3.05, 3.63) is 113 Å². The van der Waals surface area contributed by atoms with E-state index >= 15 is 0 Å². The summed E-state index contributed by atoms with van der Waals surface area (Å²) in [6, 6.07) is 30.5. The fraction of sp³-hybridized carbons (Fsp3) is 0.143. The highest BCUT2D eigenvalue weighted by molar-refractivity contribution is 6.23. The molecular weight excluding hydrogens is 382 g/mol. The molecule has 1 aliphatic heterocycles. The predicted octanol–water partition coefficient (Wildman–Crippen LogP) is 5.24. The summed E-state index contributed by atoms with van der Waals surface area (Å²) >= 11 is 0. The third-order valence-corrected chi connectivity index (χ3v) is 7.44. The van der Waals surface area contributed by atoms with E-state index in [1.165, 1.54) is 37.9 Å². The topological polar surface area (TPSA) is 37.4 Å². The van der Waals surface area contributed by atoms with E-state index in [-0.39, 0.29) is 35.5 Å². The van der Waals surface area contributed by atoms with Crippen LogP contribution in [0.15, 0.2) is 91.0 Å². The van der Waals surface area contributed by atoms with Crippen LogP contribution >= 0.6 is 0 Å². The molecule has 3 aliphatic carbocycles. The van der Waals surface area contributed by atoms with E-state index in [1.807, 2.05) is 30.3 Å². The minimum atomic E-state index is -0.384. The van der Waals surface area contributed by atoms with Crippen LogP contribution < -0.4 is 4.90 Å². The number of amides is 2. The van der Waals surface area contributed by atoms with Crippen LogP contribution in [0.25, 0.3) is 10.8 Å². The molecule has 2 bridgehead atoms. The van der Waals surface area contributed by atoms with Gasteiger partial charge in [0.15, 0.2) is 0 Å². The van der Waals surface area contributed by atoms with E-state index in [0.717, 1.165) is 0 Å². The van der Waals surface area contributed by atoms with Crippen molar-refractivity contribution in [1.82, 2.24) is 0 Å². The fourth-order valence-corrected chi connectivity index (χ4v) is 6.35. The lowest BCUT2D eigenvalue weighted by molar-refractivity contribution is -0.122. The van der Waals surface area contributed by atoms with Gasteiger partial charge in [-0.2, -0.15) is 0 Å². The Morgan fingerprint density at radius 1 is 0.516 bits per heavy atom. The standard InChI is InChI=1S/C28H19NO2/c30-27-25-23-18-12-4-5-13-19(18)24(21-15-7-9-16-8-6-14-20(23)22(16)21)26(25)28(31)29(27)17-10-2-1-3-11-17/h1-15,23-26H/t23-,24-,25+,26+/m0/s1. The third-order valence-electron chi connectivity index (χ3n) is 7.44. The molecule has 0 saturated carbocycles. The summed E-state index contributed by atoms with van der Waals surface area (Å²) in [5.41, 5.74) is 5.39. The van der Waals surface area contributed by atoms with Gasteiger partial charge < -0.3 is 0 Å². The first kappa shape index (κ1) is 17.0. The summed E-state index contributed by atoms with van der Waals surface area (Å²) in [6.07, 6.45) is 0. The molecule has 4 aromatic carbocycles. The number of carbonyl (C=O) groups is 2. The number of nitrogens with zero attached hydrogens (tertiary/aromatic N) is 1. The number of para-hydroxylation sites is 1. The number of hydrogen-bond donors (Lipinski definition) is 0. The minimum Gasteiger partial charge on any atom is -0.274 e. The Morgan fingerprint density at radius 3 is 1.55 bits per heavy atom. The summed E-state index contributed by atoms with van der Waals surface area (Å²) in [6.45, 7) is 0. The molecule has 1 saturated heterocycles. The van der Waals surface area contributed by atoms with Crippen molar-refractivity contribution in [1.29, 1.82) is 0 Å². The Bertz CT molecular complexity index is 1320. The molecule has 0 radical (unpaired) electrons. The molecule has 31 heavy (non-hydrogen) atoms. The van der Waals surface area contributed by atoms with Crippen molar-refractivity contribution in [2.75, 3.05) is 4.90 Å². The monoisotopic (exact) mass is 401 g/mol. The molecule has 0 N–H and O–H groups in total. The van der Waals surface area contributed by atoms with Gasteiger partial charge in [-0.1, -0.05) is 78.9 Å². The van der Waals surface area contributed by atoms with Crippen molar-refractivity contribution >= 4 is 28.3 Å². The first-order valence-corrected chi connectivity index (χ1v) is 10.8. The second-order valence-electron chi connectivity index (χ2n) is 8.78. The Kier molecular flexibility index (Phi) is 3.25. The quantitative estimate of drug-likeness (QED) is 0.409. The molecule has 2 amide bonds. The molecule has 0 spiro atoms. The Balaban J connectivity index is 1.56. The van der Waals surface area contributed by atoms with Crippen molar-refractivity contribution in [3.63, 3.8) is 0 Å². The van der Waals surface area contributed by atoms with Gasteiger partial charge in [-0.3, -0.25) is 9.59 Å². The van der Waals surface area contributed by atoms with E-state index in [2.05, 4.69) is 60.7 Å². The smallest absolute Gasteiger partial charge is 0.238 e. The zero-order chi connectivity index (χ0) is 20.7. The highest BCUT2D eigenvalue weighted by atomic mass is 16.2. The van der Waals surface area contributed by atoms with Crippen molar-refractivity contribution in [2.24, 2.45) is 11.8 Å². The van der Waals surface area contributed by atoms with Crippen LogP contribution in [0.4, 0.5) is 5.69 Å². The number of hydrogen-bond acceptors (Lipinski definition) is 2. The van der Waals surface area contributed by atoms with E-state index in [0.29, 0.717) is 5.69 Å². The van der Waals surface area contributed by atoms with Crippen molar-refractivity contribution in [3.8, 4) is 0 Å². The molecule has 4 aromatic rings. The van der Waals surface area contributed by atoms with Crippen LogP contribution in [-0.2, 0) is 9.59 Å². The lowest BCUT2D eigenvalue weighted by Crippen LogP contribution is -2.34. The van der Waals surface area contributed by atoms with Crippen LogP contribution in [0.5, 0.6) is 0 Å². The van der Waals surface area contributed by atoms with Gasteiger partial charge in [0, 0.05) is 11.8 Å². The molecule has 0 unspecified atom stereocenters. The molecular formula is C28H19NO2. The summed E-state index contributed by atoms with van der Waals surface area (Å²) in [5, 5.41) is 2.40. The van der Waals surface area contributed by atoms with Crippen LogP contribution in [-0.4, -0.2) is 11.8 Å². The van der Waals surface area contributed by atoms with Gasteiger partial charge in [0.05, 0.1) is 17.5 Å². The largest absolute Gasteiger partial charge is 0.274 e. The highest BCUT2D eigenvalue weighted by Gasteiger charge is 2.60. The van der Waals surface area contributed by atoms with Crippen molar-refractivity contribution < 1.29 is 9.59 Å². The third kappa shape index (κ3) is 2.03. The average molecular weight is 401 g/mol. The molecule has 1 fully saturated rings. The summed E-state index contributed by atoms with van der Waals surface area (Å²) in [4.78, 5) is 29.2. The average Bonchev–Trinajstić information content (AvgIpc) is 2.94. The van der Waals surface area contributed by atoms with Gasteiger partial charge in [-0.15, -0.1) is 0 Å². The van der Waals surface area contributed by atoms with E-state index in [4.69, 9.17) is 0 Å². The maximum Gasteiger partial charge on any atom is 0.238 e. The first-order valence-electron chi connectivity index (χ1n) is 10.8. The van der Waals surface area contributed by atoms with Crippen LogP contribution in [0, 0.1) is 11.8 Å². The van der Waals surface area contributed by atoms with E-state index < -0.39 is 0 Å². The number of anilines is 1. The number of imide groups is 1. The molecule has 4 atom stereocenters. The maximum absolute atomic E-state index is 13.9. The molecule has 4 aliphatic rings. The number of rotatable bonds is 1. The SMILES string of the molecule is O=C1[C@@H]2[C@H]3c4ccccc4[C@@H](c4cccc5cccc3c45)[C@H]2C(=O)N1c1ccccc1. The van der Waals surface area contributed by atoms with E-state index in [9.17, 15) is 9.59 Å². The Labute approximate surface area is 179 Å². The summed E-state index contributed by atoms with van der Waals surface area (Å²) in [7, 11) is 0. The normalized spacial score (nSPS) is 25.5. The molecule has 148 valence electrons. The maximum atomic E-state index is 13.9. The molecule has 1 heterocycles. The molecule has 3 heteroatoms. The first-order chi connectivity index (χ1) is 15.3. The Hall–Kier alpha value is -3.72. The number of benzene rings is 4. The summed E-state index contributed by atoms with van der Waals surface area (Å²) in [5.74, 6) is -1.15. The molecule has 0 aromatic heterocycles. The molecule has 8 rings (SSSR count). The van der Waals surface area contributed by atoms with Crippen LogP contribution in [0.1, 0.15) is 34.1 Å². The molecule has 3 nitrogen and oxygen atoms in total. The fourth-order valence-electron chi connectivity index (χ4n) is 6.35. The van der Waals surface area contributed by atoms with E-state index in [1.54, 1.807) is 0 Å². The zero-order valence-corrected chi connectivity index (χ0v) is 16.7.